The van der Waals surface area contributed by atoms with Crippen molar-refractivity contribution in [3.63, 3.8) is 0 Å². The molecular formula is C18H22N2O2. The number of benzene rings is 2. The Bertz CT molecular complexity index is 663. The molecule has 2 aromatic rings. The topological polar surface area (TPSA) is 50.4 Å². The fourth-order valence-electron chi connectivity index (χ4n) is 2.94. The van der Waals surface area contributed by atoms with Crippen molar-refractivity contribution >= 4 is 16.7 Å². The number of ether oxygens (including phenoxy) is 1. The largest absolute Gasteiger partial charge is 0.497 e. The molecule has 2 aromatic carbocycles. The molecule has 22 heavy (non-hydrogen) atoms. The highest BCUT2D eigenvalue weighted by Gasteiger charge is 2.17. The molecular weight excluding hydrogens is 276 g/mol. The summed E-state index contributed by atoms with van der Waals surface area (Å²) in [5.74, 6) is 0.979. The van der Waals surface area contributed by atoms with Gasteiger partial charge in [-0.05, 0) is 53.9 Å². The van der Waals surface area contributed by atoms with Crippen LogP contribution in [0.1, 0.15) is 24.8 Å². The lowest BCUT2D eigenvalue weighted by Gasteiger charge is -2.11. The summed E-state index contributed by atoms with van der Waals surface area (Å²) in [5.41, 5.74) is 1.12. The Morgan fingerprint density at radius 2 is 2.09 bits per heavy atom. The van der Waals surface area contributed by atoms with E-state index in [1.807, 2.05) is 18.2 Å². The fraction of sp³-hybridized carbons (Fsp3) is 0.389. The maximum Gasteiger partial charge on any atom is 0.221 e. The third-order valence-electron chi connectivity index (χ3n) is 4.20. The standard InChI is InChI=1S/C18H22N2O2/c1-22-17-7-6-14-9-13(4-5-15(14)10-17)12-20-18(21)11-16-3-2-8-19-16/h4-7,9-10,16,19H,2-3,8,11-12H2,1H3,(H,20,21). The van der Waals surface area contributed by atoms with Gasteiger partial charge in [-0.25, -0.2) is 0 Å². The maximum atomic E-state index is 12.0. The molecule has 0 aliphatic carbocycles. The van der Waals surface area contributed by atoms with Crippen LogP contribution in [0.2, 0.25) is 0 Å². The Morgan fingerprint density at radius 3 is 2.86 bits per heavy atom. The van der Waals surface area contributed by atoms with Gasteiger partial charge in [-0.1, -0.05) is 18.2 Å². The molecule has 2 N–H and O–H groups in total. The van der Waals surface area contributed by atoms with Crippen molar-refractivity contribution in [1.82, 2.24) is 10.6 Å². The van der Waals surface area contributed by atoms with Crippen LogP contribution >= 0.6 is 0 Å². The molecule has 116 valence electrons. The predicted molar refractivity (Wildman–Crippen MR) is 88.0 cm³/mol. The minimum Gasteiger partial charge on any atom is -0.497 e. The molecule has 1 fully saturated rings. The second-order valence-electron chi connectivity index (χ2n) is 5.82. The minimum absolute atomic E-state index is 0.120. The Hall–Kier alpha value is -2.07. The molecule has 0 radical (unpaired) electrons. The Kier molecular flexibility index (Phi) is 4.59. The van der Waals surface area contributed by atoms with E-state index in [0.717, 1.165) is 35.1 Å². The van der Waals surface area contributed by atoms with Crippen molar-refractivity contribution < 1.29 is 9.53 Å². The van der Waals surface area contributed by atoms with Crippen molar-refractivity contribution in [2.75, 3.05) is 13.7 Å². The molecule has 1 saturated heterocycles. The summed E-state index contributed by atoms with van der Waals surface area (Å²) in [4.78, 5) is 12.0. The molecule has 0 saturated carbocycles. The van der Waals surface area contributed by atoms with Gasteiger partial charge in [0.2, 0.25) is 5.91 Å². The minimum atomic E-state index is 0.120. The first-order valence-corrected chi connectivity index (χ1v) is 7.81. The first-order valence-electron chi connectivity index (χ1n) is 7.81. The van der Waals surface area contributed by atoms with Crippen LogP contribution in [-0.4, -0.2) is 25.6 Å². The highest BCUT2D eigenvalue weighted by atomic mass is 16.5. The smallest absolute Gasteiger partial charge is 0.221 e. The van der Waals surface area contributed by atoms with Crippen molar-refractivity contribution in [2.45, 2.75) is 31.8 Å². The van der Waals surface area contributed by atoms with Gasteiger partial charge < -0.3 is 15.4 Å². The van der Waals surface area contributed by atoms with Crippen LogP contribution in [0, 0.1) is 0 Å². The lowest BCUT2D eigenvalue weighted by molar-refractivity contribution is -0.121. The first kappa shape index (κ1) is 14.9. The quantitative estimate of drug-likeness (QED) is 0.892. The summed E-state index contributed by atoms with van der Waals surface area (Å²) in [6.45, 7) is 1.61. The SMILES string of the molecule is COc1ccc2cc(CNC(=O)CC3CCCN3)ccc2c1. The van der Waals surface area contributed by atoms with E-state index in [2.05, 4.69) is 28.8 Å². The zero-order valence-corrected chi connectivity index (χ0v) is 12.9. The summed E-state index contributed by atoms with van der Waals surface area (Å²) >= 11 is 0. The van der Waals surface area contributed by atoms with E-state index in [4.69, 9.17) is 4.74 Å². The van der Waals surface area contributed by atoms with Crippen LogP contribution in [0.15, 0.2) is 36.4 Å². The van der Waals surface area contributed by atoms with E-state index in [1.165, 1.54) is 6.42 Å². The molecule has 1 aliphatic rings. The van der Waals surface area contributed by atoms with Gasteiger partial charge >= 0.3 is 0 Å². The molecule has 1 unspecified atom stereocenters. The first-order chi connectivity index (χ1) is 10.7. The van der Waals surface area contributed by atoms with Crippen molar-refractivity contribution in [1.29, 1.82) is 0 Å². The fourth-order valence-corrected chi connectivity index (χ4v) is 2.94. The summed E-state index contributed by atoms with van der Waals surface area (Å²) in [7, 11) is 1.67. The number of methoxy groups -OCH3 is 1. The highest BCUT2D eigenvalue weighted by molar-refractivity contribution is 5.84. The number of nitrogens with one attached hydrogen (secondary N) is 2. The van der Waals surface area contributed by atoms with E-state index in [-0.39, 0.29) is 5.91 Å². The molecule has 3 rings (SSSR count). The number of carbonyl (C=O) groups excluding carboxylic acids is 1. The summed E-state index contributed by atoms with van der Waals surface area (Å²) < 4.78 is 5.23. The predicted octanol–water partition coefficient (Wildman–Crippen LogP) is 2.61. The second-order valence-corrected chi connectivity index (χ2v) is 5.82. The van der Waals surface area contributed by atoms with Gasteiger partial charge in [-0.15, -0.1) is 0 Å². The lowest BCUT2D eigenvalue weighted by Crippen LogP contribution is -2.31. The van der Waals surface area contributed by atoms with Crippen LogP contribution in [-0.2, 0) is 11.3 Å². The van der Waals surface area contributed by atoms with Crippen LogP contribution in [0.25, 0.3) is 10.8 Å². The van der Waals surface area contributed by atoms with Crippen LogP contribution < -0.4 is 15.4 Å². The Labute approximate surface area is 130 Å². The summed E-state index contributed by atoms with van der Waals surface area (Å²) in [6, 6.07) is 12.6. The third-order valence-corrected chi connectivity index (χ3v) is 4.20. The van der Waals surface area contributed by atoms with E-state index >= 15 is 0 Å². The van der Waals surface area contributed by atoms with Crippen molar-refractivity contribution in [3.8, 4) is 5.75 Å². The third kappa shape index (κ3) is 3.57. The van der Waals surface area contributed by atoms with Gasteiger partial charge in [0.05, 0.1) is 7.11 Å². The number of rotatable bonds is 5. The number of amides is 1. The van der Waals surface area contributed by atoms with Crippen LogP contribution in [0.4, 0.5) is 0 Å². The van der Waals surface area contributed by atoms with E-state index in [1.54, 1.807) is 7.11 Å². The van der Waals surface area contributed by atoms with Crippen LogP contribution in [0.3, 0.4) is 0 Å². The number of carbonyl (C=O) groups is 1. The average molecular weight is 298 g/mol. The van der Waals surface area contributed by atoms with Gasteiger partial charge in [-0.3, -0.25) is 4.79 Å². The van der Waals surface area contributed by atoms with Gasteiger partial charge in [-0.2, -0.15) is 0 Å². The molecule has 1 amide bonds. The number of hydrogen-bond donors (Lipinski definition) is 2. The molecule has 0 bridgehead atoms. The summed E-state index contributed by atoms with van der Waals surface area (Å²) in [5, 5.41) is 8.66. The number of hydrogen-bond acceptors (Lipinski definition) is 3. The molecule has 0 aromatic heterocycles. The van der Waals surface area contributed by atoms with Crippen molar-refractivity contribution in [2.24, 2.45) is 0 Å². The Morgan fingerprint density at radius 1 is 1.27 bits per heavy atom. The second kappa shape index (κ2) is 6.79. The Balaban J connectivity index is 1.60. The monoisotopic (exact) mass is 298 g/mol. The zero-order valence-electron chi connectivity index (χ0n) is 12.9. The van der Waals surface area contributed by atoms with E-state index < -0.39 is 0 Å². The normalized spacial score (nSPS) is 17.6. The van der Waals surface area contributed by atoms with Gasteiger partial charge in [0.15, 0.2) is 0 Å². The van der Waals surface area contributed by atoms with Gasteiger partial charge in [0.1, 0.15) is 5.75 Å². The van der Waals surface area contributed by atoms with Crippen LogP contribution in [0.5, 0.6) is 5.75 Å². The molecule has 1 heterocycles. The van der Waals surface area contributed by atoms with Gasteiger partial charge in [0, 0.05) is 19.0 Å². The highest BCUT2D eigenvalue weighted by Crippen LogP contribution is 2.21. The molecule has 0 spiro atoms. The number of fused-ring (bicyclic) bond motifs is 1. The van der Waals surface area contributed by atoms with Crippen molar-refractivity contribution in [3.05, 3.63) is 42.0 Å². The average Bonchev–Trinajstić information content (AvgIpc) is 3.05. The molecule has 1 atom stereocenters. The van der Waals surface area contributed by atoms with E-state index in [9.17, 15) is 4.79 Å². The summed E-state index contributed by atoms with van der Waals surface area (Å²) in [6.07, 6.45) is 2.85. The van der Waals surface area contributed by atoms with Gasteiger partial charge in [0.25, 0.3) is 0 Å². The maximum absolute atomic E-state index is 12.0. The molecule has 1 aliphatic heterocycles. The van der Waals surface area contributed by atoms with E-state index in [0.29, 0.717) is 19.0 Å². The molecule has 4 nitrogen and oxygen atoms in total. The molecule has 4 heteroatoms. The zero-order chi connectivity index (χ0) is 15.4. The lowest BCUT2D eigenvalue weighted by atomic mass is 10.1.